The summed E-state index contributed by atoms with van der Waals surface area (Å²) >= 11 is 0. The number of carboxylic acid groups (broad SMARTS) is 1. The number of methoxy groups -OCH3 is 1. The van der Waals surface area contributed by atoms with E-state index in [0.717, 1.165) is 0 Å². The van der Waals surface area contributed by atoms with Crippen molar-refractivity contribution in [2.45, 2.75) is 74.7 Å². The van der Waals surface area contributed by atoms with E-state index < -0.39 is 126 Å². The summed E-state index contributed by atoms with van der Waals surface area (Å²) in [6.45, 7) is 0.683. The summed E-state index contributed by atoms with van der Waals surface area (Å²) in [5.74, 6) is -6.66. The lowest BCUT2D eigenvalue weighted by molar-refractivity contribution is -0.251. The summed E-state index contributed by atoms with van der Waals surface area (Å²) in [4.78, 5) is 36.3. The standard InChI is InChI=1S/C27H31NO11.C2HF3O2/c1-10-22(31)13(28)6-17(38-10)39-15-8-27(36,16(30)9-29)7-12-19(15)26(35)21-20(24(12)33)23(32)11-4-3-5-14(37-2)18(11)25(21)34;3-2(4,5)1(6)7/h3-5,10,13,15-17,22,29-31,33,35-36H,6-9,28H2,1-2H3;(H,6,7)/t10-,13-,15-,16-,17-,22+,27-;/m0./s1/i2+1D3;. The molecule has 1 fully saturated rings. The van der Waals surface area contributed by atoms with Gasteiger partial charge in [0.1, 0.15) is 23.4 Å². The molecule has 7 atom stereocenters. The van der Waals surface area contributed by atoms with Crippen LogP contribution in [0.5, 0.6) is 17.2 Å². The quantitative estimate of drug-likeness (QED) is 0.136. The predicted octanol–water partition coefficient (Wildman–Crippen LogP) is 0.426. The first-order chi connectivity index (χ1) is 22.5. The number of hydrogen-bond donors (Lipinski definition) is 8. The summed E-state index contributed by atoms with van der Waals surface area (Å²) in [6, 6.07) is 2.94. The van der Waals surface area contributed by atoms with Gasteiger partial charge in [-0.05, 0) is 13.0 Å². The van der Waals surface area contributed by atoms with Crippen LogP contribution < -0.4 is 10.5 Å². The van der Waals surface area contributed by atoms with Crippen molar-refractivity contribution in [3.63, 3.8) is 0 Å². The van der Waals surface area contributed by atoms with Gasteiger partial charge in [-0.2, -0.15) is 13.2 Å². The largest absolute Gasteiger partial charge is 0.507 e. The maximum atomic E-state index is 13.8. The number of ketones is 2. The zero-order valence-electron chi connectivity index (χ0n) is 26.8. The summed E-state index contributed by atoms with van der Waals surface area (Å²) in [5.41, 5.74) is 1.56. The highest BCUT2D eigenvalue weighted by molar-refractivity contribution is 6.31. The van der Waals surface area contributed by atoms with E-state index in [1.165, 1.54) is 18.2 Å². The number of carbonyl (C=O) groups excluding carboxylic acids is 2. The molecule has 2 aromatic rings. The smallest absolute Gasteiger partial charge is 0.490 e. The number of phenols is 2. The van der Waals surface area contributed by atoms with Crippen molar-refractivity contribution in [2.75, 3.05) is 13.6 Å². The molecule has 252 valence electrons. The molecule has 0 spiro atoms. The van der Waals surface area contributed by atoms with Crippen molar-refractivity contribution in [3.05, 3.63) is 51.6 Å². The monoisotopic (exact) mass is 663 g/mol. The first-order valence-electron chi connectivity index (χ1n) is 15.1. The molecule has 3 aliphatic rings. The zero-order chi connectivity index (χ0) is 37.0. The van der Waals surface area contributed by atoms with Crippen molar-refractivity contribution in [3.8, 4) is 17.2 Å². The summed E-state index contributed by atoms with van der Waals surface area (Å²) in [6.07, 6.45) is -12.1. The zero-order valence-corrected chi connectivity index (χ0v) is 23.8. The van der Waals surface area contributed by atoms with Crippen LogP contribution in [0.1, 0.15) is 73.0 Å². The number of halogens is 3. The number of fused-ring (bicyclic) bond motifs is 3. The van der Waals surface area contributed by atoms with Gasteiger partial charge in [0.25, 0.3) is 0 Å². The van der Waals surface area contributed by atoms with Crippen molar-refractivity contribution in [1.29, 1.82) is 0 Å². The fourth-order valence-electron chi connectivity index (χ4n) is 5.76. The van der Waals surface area contributed by atoms with Gasteiger partial charge < -0.3 is 55.7 Å². The molecule has 2 aromatic carbocycles. The van der Waals surface area contributed by atoms with Crippen LogP contribution in [0.25, 0.3) is 0 Å². The molecular formula is C29H32F3NO13. The van der Waals surface area contributed by atoms with Crippen molar-refractivity contribution < 1.29 is 81.6 Å². The number of rotatable bonds is 5. The number of aliphatic hydroxyl groups excluding tert-OH is 3. The number of hydrogen-bond acceptors (Lipinski definition) is 13. The minimum Gasteiger partial charge on any atom is -0.507 e. The second-order valence-corrected chi connectivity index (χ2v) is 11.0. The Morgan fingerprint density at radius 3 is 2.39 bits per heavy atom. The van der Waals surface area contributed by atoms with Gasteiger partial charge in [0.05, 0.1) is 58.4 Å². The third-order valence-electron chi connectivity index (χ3n) is 8.10. The highest BCUT2D eigenvalue weighted by atomic mass is 19.4. The van der Waals surface area contributed by atoms with E-state index in [1.807, 2.05) is 0 Å². The lowest BCUT2D eigenvalue weighted by Crippen LogP contribution is -2.53. The van der Waals surface area contributed by atoms with E-state index >= 15 is 0 Å². The average molecular weight is 664 g/mol. The SMILES string of the molecule is O=C(O)C(F)(F)F.[2H][13C]([2H])([2H])Oc1cccc2c1C(=O)c1c(O)c3c(c(O)c1C2=O)C[C@@](O)([C@@H](O)CO)C[C@@H]3O[C@H]1C[C@H](N)[C@H](O)[C@H](C)O1. The minimum absolute atomic E-state index is 0.0172. The number of carboxylic acids is 1. The van der Waals surface area contributed by atoms with E-state index in [2.05, 4.69) is 0 Å². The van der Waals surface area contributed by atoms with Gasteiger partial charge in [0.15, 0.2) is 12.1 Å². The van der Waals surface area contributed by atoms with E-state index in [0.29, 0.717) is 0 Å². The van der Waals surface area contributed by atoms with Crippen molar-refractivity contribution >= 4 is 17.5 Å². The third-order valence-corrected chi connectivity index (χ3v) is 8.10. The molecule has 5 rings (SSSR count). The van der Waals surface area contributed by atoms with Gasteiger partial charge in [-0.25, -0.2) is 4.79 Å². The Labute approximate surface area is 262 Å². The molecule has 0 amide bonds. The second kappa shape index (κ2) is 12.7. The Morgan fingerprint density at radius 2 is 1.83 bits per heavy atom. The molecule has 0 unspecified atom stereocenters. The van der Waals surface area contributed by atoms with E-state index in [9.17, 15) is 53.4 Å². The Morgan fingerprint density at radius 1 is 1.20 bits per heavy atom. The Bertz CT molecular complexity index is 1640. The highest BCUT2D eigenvalue weighted by Gasteiger charge is 2.50. The molecule has 17 heteroatoms. The van der Waals surface area contributed by atoms with Gasteiger partial charge in [-0.1, -0.05) is 12.1 Å². The number of aromatic hydroxyl groups is 2. The van der Waals surface area contributed by atoms with Crippen LogP contribution in [0, 0.1) is 0 Å². The van der Waals surface area contributed by atoms with Crippen LogP contribution in [-0.2, 0) is 20.7 Å². The van der Waals surface area contributed by atoms with Gasteiger partial charge in [-0.15, -0.1) is 0 Å². The average Bonchev–Trinajstić information content (AvgIpc) is 2.98. The number of carbonyl (C=O) groups is 3. The van der Waals surface area contributed by atoms with Crippen molar-refractivity contribution in [1.82, 2.24) is 0 Å². The van der Waals surface area contributed by atoms with Crippen LogP contribution in [0.3, 0.4) is 0 Å². The molecule has 0 saturated carbocycles. The van der Waals surface area contributed by atoms with Gasteiger partial charge in [0.2, 0.25) is 5.78 Å². The molecule has 46 heavy (non-hydrogen) atoms. The highest BCUT2D eigenvalue weighted by Crippen LogP contribution is 2.53. The number of aliphatic hydroxyl groups is 4. The lowest BCUT2D eigenvalue weighted by atomic mass is 9.71. The number of alkyl halides is 3. The number of benzene rings is 2. The van der Waals surface area contributed by atoms with E-state index in [1.54, 1.807) is 6.92 Å². The molecule has 2 aliphatic carbocycles. The number of aliphatic carboxylic acids is 1. The molecule has 1 heterocycles. The number of phenolic OH excluding ortho intramolecular Hbond substituents is 2. The Kier molecular flexibility index (Phi) is 8.53. The number of ether oxygens (including phenoxy) is 3. The number of nitrogens with two attached hydrogens (primary N) is 1. The molecule has 0 radical (unpaired) electrons. The molecule has 0 aromatic heterocycles. The van der Waals surface area contributed by atoms with E-state index in [4.69, 9.17) is 34.0 Å². The topological polar surface area (TPSA) is 247 Å². The fourth-order valence-corrected chi connectivity index (χ4v) is 5.76. The minimum atomic E-state index is -5.08. The Balaban J connectivity index is 0.000000698. The van der Waals surface area contributed by atoms with Crippen LogP contribution in [0.15, 0.2) is 18.2 Å². The maximum absolute atomic E-state index is 13.8. The molecule has 1 aliphatic heterocycles. The normalized spacial score (nSPS) is 29.1. The summed E-state index contributed by atoms with van der Waals surface area (Å²) in [7, 11) is -2.97. The van der Waals surface area contributed by atoms with Crippen LogP contribution in [-0.4, -0.2) is 109 Å². The molecule has 14 nitrogen and oxygen atoms in total. The first kappa shape index (κ1) is 30.8. The molecular weight excluding hydrogens is 628 g/mol. The molecule has 0 bridgehead atoms. The lowest BCUT2D eigenvalue weighted by Gasteiger charge is -2.44. The van der Waals surface area contributed by atoms with E-state index in [-0.39, 0.29) is 23.1 Å². The van der Waals surface area contributed by atoms with Gasteiger partial charge in [-0.3, -0.25) is 9.59 Å². The van der Waals surface area contributed by atoms with Crippen molar-refractivity contribution in [2.24, 2.45) is 5.73 Å². The second-order valence-electron chi connectivity index (χ2n) is 11.0. The van der Waals surface area contributed by atoms with Gasteiger partial charge >= 0.3 is 12.1 Å². The molecule has 9 N–H and O–H groups in total. The first-order valence-corrected chi connectivity index (χ1v) is 13.6. The fraction of sp³-hybridized carbons (Fsp3) is 0.483. The summed E-state index contributed by atoms with van der Waals surface area (Å²) in [5, 5.41) is 71.7. The predicted molar refractivity (Wildman–Crippen MR) is 146 cm³/mol. The van der Waals surface area contributed by atoms with Gasteiger partial charge in [0, 0.05) is 42.0 Å². The summed E-state index contributed by atoms with van der Waals surface area (Å²) < 4.78 is 70.7. The molecule has 1 saturated heterocycles. The van der Waals surface area contributed by atoms with Crippen LogP contribution >= 0.6 is 0 Å². The van der Waals surface area contributed by atoms with Crippen LogP contribution in [0.4, 0.5) is 13.2 Å². The Hall–Kier alpha value is -3.84. The maximum Gasteiger partial charge on any atom is 0.490 e. The van der Waals surface area contributed by atoms with Crippen LogP contribution in [0.2, 0.25) is 0 Å². The third kappa shape index (κ3) is 6.14.